The molecule has 1 aliphatic carbocycles. The van der Waals surface area contributed by atoms with Gasteiger partial charge in [0, 0.05) is 34.1 Å². The zero-order valence-electron chi connectivity index (χ0n) is 18.9. The molecular formula is C28H32N2O. The van der Waals surface area contributed by atoms with Gasteiger partial charge in [0.25, 0.3) is 0 Å². The lowest BCUT2D eigenvalue weighted by atomic mass is 9.78. The molecule has 0 unspecified atom stereocenters. The lowest BCUT2D eigenvalue weighted by molar-refractivity contribution is 0.436. The molecule has 3 heteroatoms. The maximum absolute atomic E-state index is 6.40. The largest absolute Gasteiger partial charge is 0.437 e. The normalized spacial score (nSPS) is 15.7. The number of aromatic nitrogens is 2. The number of para-hydroxylation sites is 1. The van der Waals surface area contributed by atoms with Crippen molar-refractivity contribution in [3.63, 3.8) is 0 Å². The van der Waals surface area contributed by atoms with E-state index in [-0.39, 0.29) is 5.41 Å². The van der Waals surface area contributed by atoms with Crippen LogP contribution in [-0.4, -0.2) is 9.97 Å². The molecule has 0 aliphatic heterocycles. The van der Waals surface area contributed by atoms with Gasteiger partial charge in [-0.15, -0.1) is 0 Å². The van der Waals surface area contributed by atoms with Gasteiger partial charge >= 0.3 is 0 Å². The molecule has 160 valence electrons. The van der Waals surface area contributed by atoms with E-state index >= 15 is 0 Å². The third kappa shape index (κ3) is 3.54. The second-order valence-electron chi connectivity index (χ2n) is 9.41. The van der Waals surface area contributed by atoms with Crippen molar-refractivity contribution < 1.29 is 4.42 Å². The molecule has 1 aromatic carbocycles. The molecule has 0 amide bonds. The number of furan rings is 1. The Bertz CT molecular complexity index is 1210. The summed E-state index contributed by atoms with van der Waals surface area (Å²) in [7, 11) is 0. The van der Waals surface area contributed by atoms with E-state index < -0.39 is 0 Å². The van der Waals surface area contributed by atoms with Gasteiger partial charge in [-0.05, 0) is 67.0 Å². The minimum Gasteiger partial charge on any atom is -0.437 e. The zero-order chi connectivity index (χ0) is 21.4. The minimum atomic E-state index is 0.163. The van der Waals surface area contributed by atoms with E-state index in [0.717, 1.165) is 46.2 Å². The van der Waals surface area contributed by atoms with Crippen molar-refractivity contribution >= 4 is 22.1 Å². The number of nitrogens with zero attached hydrogens (tertiary/aromatic N) is 2. The van der Waals surface area contributed by atoms with E-state index in [9.17, 15) is 0 Å². The number of fused-ring (bicyclic) bond motifs is 3. The quantitative estimate of drug-likeness (QED) is 0.332. The maximum Gasteiger partial charge on any atom is 0.227 e. The summed E-state index contributed by atoms with van der Waals surface area (Å²) >= 11 is 0. The highest BCUT2D eigenvalue weighted by molar-refractivity contribution is 6.08. The van der Waals surface area contributed by atoms with Gasteiger partial charge in [-0.25, -0.2) is 4.98 Å². The van der Waals surface area contributed by atoms with Gasteiger partial charge in [-0.1, -0.05) is 52.2 Å². The fourth-order valence-corrected chi connectivity index (χ4v) is 5.13. The predicted octanol–water partition coefficient (Wildman–Crippen LogP) is 8.17. The van der Waals surface area contributed by atoms with Gasteiger partial charge in [0.2, 0.25) is 5.71 Å². The fraction of sp³-hybridized carbons (Fsp3) is 0.429. The highest BCUT2D eigenvalue weighted by atomic mass is 16.3. The molecule has 0 N–H and O–H groups in total. The first kappa shape index (κ1) is 20.2. The lowest BCUT2D eigenvalue weighted by Crippen LogP contribution is -2.19. The van der Waals surface area contributed by atoms with Crippen molar-refractivity contribution in [3.8, 4) is 11.3 Å². The molecule has 5 rings (SSSR count). The molecule has 0 atom stereocenters. The van der Waals surface area contributed by atoms with E-state index in [1.165, 1.54) is 43.4 Å². The van der Waals surface area contributed by atoms with Crippen LogP contribution in [0.1, 0.15) is 82.9 Å². The molecular weight excluding hydrogens is 380 g/mol. The first-order valence-electron chi connectivity index (χ1n) is 11.9. The Morgan fingerprint density at radius 3 is 2.55 bits per heavy atom. The molecule has 3 aromatic heterocycles. The van der Waals surface area contributed by atoms with Crippen molar-refractivity contribution in [3.05, 3.63) is 59.9 Å². The Balaban J connectivity index is 1.62. The van der Waals surface area contributed by atoms with Gasteiger partial charge in [0.1, 0.15) is 5.58 Å². The van der Waals surface area contributed by atoms with Crippen LogP contribution in [0.3, 0.4) is 0 Å². The molecule has 1 aliphatic rings. The number of pyridine rings is 2. The summed E-state index contributed by atoms with van der Waals surface area (Å²) in [6.45, 7) is 6.86. The number of rotatable bonds is 5. The van der Waals surface area contributed by atoms with Crippen LogP contribution in [0, 0.1) is 0 Å². The first-order valence-corrected chi connectivity index (χ1v) is 11.9. The SMILES string of the molecule is CCC(C)(CC)c1ccnc(-c2cccc3c2oc2nc(C4CCCCC4)ccc23)c1. The summed E-state index contributed by atoms with van der Waals surface area (Å²) in [6, 6.07) is 15.2. The summed E-state index contributed by atoms with van der Waals surface area (Å²) in [6.07, 6.45) is 10.6. The average molecular weight is 413 g/mol. The zero-order valence-corrected chi connectivity index (χ0v) is 18.9. The van der Waals surface area contributed by atoms with Crippen LogP contribution in [0.5, 0.6) is 0 Å². The summed E-state index contributed by atoms with van der Waals surface area (Å²) in [5.74, 6) is 0.574. The van der Waals surface area contributed by atoms with Crippen LogP contribution in [-0.2, 0) is 5.41 Å². The molecule has 0 radical (unpaired) electrons. The topological polar surface area (TPSA) is 38.9 Å². The van der Waals surface area contributed by atoms with E-state index in [1.807, 2.05) is 6.20 Å². The Kier molecular flexibility index (Phi) is 5.29. The van der Waals surface area contributed by atoms with Gasteiger partial charge in [0.15, 0.2) is 0 Å². The van der Waals surface area contributed by atoms with Crippen LogP contribution in [0.15, 0.2) is 53.1 Å². The molecule has 4 aromatic rings. The first-order chi connectivity index (χ1) is 15.1. The summed E-state index contributed by atoms with van der Waals surface area (Å²) < 4.78 is 6.40. The Morgan fingerprint density at radius 1 is 0.968 bits per heavy atom. The van der Waals surface area contributed by atoms with E-state index in [0.29, 0.717) is 5.92 Å². The highest BCUT2D eigenvalue weighted by Gasteiger charge is 2.24. The minimum absolute atomic E-state index is 0.163. The van der Waals surface area contributed by atoms with Crippen molar-refractivity contribution in [2.24, 2.45) is 0 Å². The Labute approximate surface area is 184 Å². The standard InChI is InChI=1S/C28H32N2O/c1-4-28(3,5-2)20-16-17-29-25(18-20)23-13-9-12-21-22-14-15-24(19-10-7-6-8-11-19)30-27(22)31-26(21)23/h9,12-19H,4-8,10-11H2,1-3H3. The van der Waals surface area contributed by atoms with Gasteiger partial charge in [0.05, 0.1) is 5.69 Å². The maximum atomic E-state index is 6.40. The van der Waals surface area contributed by atoms with Crippen molar-refractivity contribution in [1.29, 1.82) is 0 Å². The molecule has 1 fully saturated rings. The number of hydrogen-bond acceptors (Lipinski definition) is 3. The Hall–Kier alpha value is -2.68. The summed E-state index contributed by atoms with van der Waals surface area (Å²) in [5.41, 5.74) is 6.37. The van der Waals surface area contributed by atoms with Crippen molar-refractivity contribution in [2.45, 2.75) is 77.0 Å². The molecule has 31 heavy (non-hydrogen) atoms. The third-order valence-electron chi connectivity index (χ3n) is 7.70. The Morgan fingerprint density at radius 2 is 1.77 bits per heavy atom. The average Bonchev–Trinajstić information content (AvgIpc) is 3.22. The van der Waals surface area contributed by atoms with Crippen LogP contribution in [0.25, 0.3) is 33.3 Å². The smallest absolute Gasteiger partial charge is 0.227 e. The molecule has 0 saturated heterocycles. The molecule has 0 bridgehead atoms. The van der Waals surface area contributed by atoms with Crippen LogP contribution >= 0.6 is 0 Å². The highest BCUT2D eigenvalue weighted by Crippen LogP contribution is 2.38. The van der Waals surface area contributed by atoms with E-state index in [1.54, 1.807) is 0 Å². The predicted molar refractivity (Wildman–Crippen MR) is 129 cm³/mol. The molecule has 0 spiro atoms. The van der Waals surface area contributed by atoms with Gasteiger partial charge in [-0.3, -0.25) is 4.98 Å². The van der Waals surface area contributed by atoms with E-state index in [4.69, 9.17) is 14.4 Å². The number of benzene rings is 1. The van der Waals surface area contributed by atoms with Crippen LogP contribution in [0.2, 0.25) is 0 Å². The van der Waals surface area contributed by atoms with E-state index in [2.05, 4.69) is 63.2 Å². The second kappa shape index (κ2) is 8.11. The molecule has 1 saturated carbocycles. The van der Waals surface area contributed by atoms with Crippen molar-refractivity contribution in [2.75, 3.05) is 0 Å². The lowest BCUT2D eigenvalue weighted by Gasteiger charge is -2.27. The molecule has 3 heterocycles. The number of hydrogen-bond donors (Lipinski definition) is 0. The van der Waals surface area contributed by atoms with Gasteiger partial charge in [-0.2, -0.15) is 0 Å². The van der Waals surface area contributed by atoms with Crippen LogP contribution in [0.4, 0.5) is 0 Å². The van der Waals surface area contributed by atoms with Gasteiger partial charge < -0.3 is 4.42 Å². The van der Waals surface area contributed by atoms with Crippen LogP contribution < -0.4 is 0 Å². The fourth-order valence-electron chi connectivity index (χ4n) is 5.13. The van der Waals surface area contributed by atoms with Crippen molar-refractivity contribution in [1.82, 2.24) is 9.97 Å². The summed E-state index contributed by atoms with van der Waals surface area (Å²) in [4.78, 5) is 9.69. The monoisotopic (exact) mass is 412 g/mol. The second-order valence-corrected chi connectivity index (χ2v) is 9.41. The third-order valence-corrected chi connectivity index (χ3v) is 7.70. The molecule has 3 nitrogen and oxygen atoms in total. The summed E-state index contributed by atoms with van der Waals surface area (Å²) in [5, 5.41) is 2.22.